The van der Waals surface area contributed by atoms with Crippen molar-refractivity contribution < 1.29 is 14.8 Å². The van der Waals surface area contributed by atoms with Gasteiger partial charge in [-0.25, -0.2) is 0 Å². The summed E-state index contributed by atoms with van der Waals surface area (Å²) in [5.41, 5.74) is 3.13. The Morgan fingerprint density at radius 2 is 1.81 bits per heavy atom. The molecule has 0 saturated carbocycles. The fourth-order valence-electron chi connectivity index (χ4n) is 2.98. The molecule has 138 valence electrons. The molecule has 0 aromatic heterocycles. The van der Waals surface area contributed by atoms with Crippen molar-refractivity contribution in [2.45, 2.75) is 13.0 Å². The summed E-state index contributed by atoms with van der Waals surface area (Å²) in [7, 11) is 0. The van der Waals surface area contributed by atoms with Gasteiger partial charge in [-0.1, -0.05) is 23.7 Å². The van der Waals surface area contributed by atoms with Crippen LogP contribution in [0.2, 0.25) is 5.02 Å². The van der Waals surface area contributed by atoms with E-state index in [1.165, 1.54) is 0 Å². The van der Waals surface area contributed by atoms with Crippen molar-refractivity contribution in [1.82, 2.24) is 0 Å². The van der Waals surface area contributed by atoms with Gasteiger partial charge in [0.25, 0.3) is 5.91 Å². The maximum atomic E-state index is 12.2. The van der Waals surface area contributed by atoms with Crippen LogP contribution in [0, 0.1) is 0 Å². The number of ether oxygens (including phenoxy) is 1. The number of rotatable bonds is 6. The molecule has 2 aromatic carbocycles. The summed E-state index contributed by atoms with van der Waals surface area (Å²) < 4.78 is 5.37. The van der Waals surface area contributed by atoms with E-state index in [0.717, 1.165) is 48.3 Å². The molecular formula is C20H25ClN3O2+. The lowest BCUT2D eigenvalue weighted by atomic mass is 10.1. The molecule has 1 fully saturated rings. The molecule has 1 aliphatic rings. The van der Waals surface area contributed by atoms with Crippen molar-refractivity contribution in [3.05, 3.63) is 59.1 Å². The number of hydrogen-bond acceptors (Lipinski definition) is 3. The van der Waals surface area contributed by atoms with E-state index in [9.17, 15) is 4.79 Å². The van der Waals surface area contributed by atoms with Gasteiger partial charge in [0.1, 0.15) is 6.04 Å². The van der Waals surface area contributed by atoms with E-state index >= 15 is 0 Å². The van der Waals surface area contributed by atoms with Gasteiger partial charge in [0, 0.05) is 35.1 Å². The Kier molecular flexibility index (Phi) is 6.50. The number of amides is 1. The number of carbonyl (C=O) groups excluding carboxylic acids is 1. The second-order valence-electron chi connectivity index (χ2n) is 6.47. The van der Waals surface area contributed by atoms with Gasteiger partial charge in [0.15, 0.2) is 6.54 Å². The molecule has 3 N–H and O–H groups in total. The number of benzene rings is 2. The van der Waals surface area contributed by atoms with Crippen molar-refractivity contribution >= 4 is 28.9 Å². The first-order valence-electron chi connectivity index (χ1n) is 8.93. The van der Waals surface area contributed by atoms with Crippen LogP contribution in [0.25, 0.3) is 0 Å². The van der Waals surface area contributed by atoms with E-state index in [1.54, 1.807) is 0 Å². The average Bonchev–Trinajstić information content (AvgIpc) is 2.68. The van der Waals surface area contributed by atoms with Gasteiger partial charge in [0.05, 0.1) is 13.2 Å². The molecule has 1 atom stereocenters. The highest BCUT2D eigenvalue weighted by molar-refractivity contribution is 6.30. The minimum Gasteiger partial charge on any atom is -0.378 e. The largest absolute Gasteiger partial charge is 0.378 e. The van der Waals surface area contributed by atoms with Gasteiger partial charge in [-0.2, -0.15) is 0 Å². The van der Waals surface area contributed by atoms with E-state index in [2.05, 4.69) is 17.1 Å². The van der Waals surface area contributed by atoms with Crippen molar-refractivity contribution in [1.29, 1.82) is 0 Å². The molecule has 26 heavy (non-hydrogen) atoms. The fraction of sp³-hybridized carbons (Fsp3) is 0.350. The topological polar surface area (TPSA) is 58.2 Å². The summed E-state index contributed by atoms with van der Waals surface area (Å²) >= 11 is 5.91. The summed E-state index contributed by atoms with van der Waals surface area (Å²) in [5.74, 6) is -0.00932. The number of nitrogens with one attached hydrogen (secondary N) is 1. The molecular weight excluding hydrogens is 350 g/mol. The zero-order chi connectivity index (χ0) is 18.4. The van der Waals surface area contributed by atoms with Crippen molar-refractivity contribution in [3.8, 4) is 0 Å². The van der Waals surface area contributed by atoms with Gasteiger partial charge in [-0.15, -0.1) is 0 Å². The van der Waals surface area contributed by atoms with Crippen LogP contribution < -0.4 is 15.5 Å². The third-order valence-corrected chi connectivity index (χ3v) is 4.83. The van der Waals surface area contributed by atoms with Crippen LogP contribution in [0.5, 0.6) is 0 Å². The minimum absolute atomic E-state index is 0.00932. The molecule has 5 nitrogen and oxygen atoms in total. The second kappa shape index (κ2) is 9.03. The summed E-state index contributed by atoms with van der Waals surface area (Å²) in [5, 5.41) is 5.69. The second-order valence-corrected chi connectivity index (χ2v) is 6.91. The lowest BCUT2D eigenvalue weighted by Crippen LogP contribution is -2.86. The summed E-state index contributed by atoms with van der Waals surface area (Å²) in [6.45, 7) is 5.79. The molecule has 1 aliphatic heterocycles. The maximum Gasteiger partial charge on any atom is 0.279 e. The van der Waals surface area contributed by atoms with E-state index in [0.29, 0.717) is 6.54 Å². The van der Waals surface area contributed by atoms with Crippen LogP contribution >= 0.6 is 11.6 Å². The average molecular weight is 375 g/mol. The van der Waals surface area contributed by atoms with Gasteiger partial charge < -0.3 is 20.3 Å². The van der Waals surface area contributed by atoms with Gasteiger partial charge in [-0.05, 0) is 43.3 Å². The molecule has 1 saturated heterocycles. The first-order chi connectivity index (χ1) is 12.6. The Hall–Kier alpha value is -2.08. The Bertz CT molecular complexity index is 713. The summed E-state index contributed by atoms with van der Waals surface area (Å²) in [6.07, 6.45) is 0. The molecule has 0 spiro atoms. The molecule has 0 unspecified atom stereocenters. The van der Waals surface area contributed by atoms with Crippen LogP contribution in [0.1, 0.15) is 18.5 Å². The predicted molar refractivity (Wildman–Crippen MR) is 105 cm³/mol. The maximum absolute atomic E-state index is 12.2. The predicted octanol–water partition coefficient (Wildman–Crippen LogP) is 2.44. The van der Waals surface area contributed by atoms with Crippen molar-refractivity contribution in [3.63, 3.8) is 0 Å². The number of morpholine rings is 1. The SMILES string of the molecule is C[C@H]([NH2+]CC(=O)Nc1ccc(N2CCOCC2)cc1)c1ccc(Cl)cc1. The first kappa shape index (κ1) is 18.7. The molecule has 3 rings (SSSR count). The Labute approximate surface area is 159 Å². The summed E-state index contributed by atoms with van der Waals surface area (Å²) in [4.78, 5) is 14.5. The third-order valence-electron chi connectivity index (χ3n) is 4.58. The van der Waals surface area contributed by atoms with E-state index in [-0.39, 0.29) is 11.9 Å². The number of nitrogens with zero attached hydrogens (tertiary/aromatic N) is 1. The smallest absolute Gasteiger partial charge is 0.279 e. The number of halogens is 1. The molecule has 0 aliphatic carbocycles. The number of quaternary nitrogens is 1. The summed E-state index contributed by atoms with van der Waals surface area (Å²) in [6, 6.07) is 15.9. The highest BCUT2D eigenvalue weighted by Gasteiger charge is 2.13. The molecule has 0 radical (unpaired) electrons. The van der Waals surface area contributed by atoms with E-state index in [4.69, 9.17) is 16.3 Å². The van der Waals surface area contributed by atoms with Crippen LogP contribution in [0.15, 0.2) is 48.5 Å². The van der Waals surface area contributed by atoms with Crippen LogP contribution in [-0.4, -0.2) is 38.8 Å². The standard InChI is InChI=1S/C20H24ClN3O2/c1-15(16-2-4-17(21)5-3-16)22-14-20(25)23-18-6-8-19(9-7-18)24-10-12-26-13-11-24/h2-9,15,22H,10-14H2,1H3,(H,23,25)/p+1/t15-/m0/s1. The minimum atomic E-state index is -0.00932. The lowest BCUT2D eigenvalue weighted by Gasteiger charge is -2.28. The Morgan fingerprint density at radius 3 is 2.46 bits per heavy atom. The molecule has 0 bridgehead atoms. The zero-order valence-electron chi connectivity index (χ0n) is 15.0. The van der Waals surface area contributed by atoms with Crippen LogP contribution in [0.3, 0.4) is 0 Å². The lowest BCUT2D eigenvalue weighted by molar-refractivity contribution is -0.682. The monoisotopic (exact) mass is 374 g/mol. The first-order valence-corrected chi connectivity index (χ1v) is 9.31. The zero-order valence-corrected chi connectivity index (χ0v) is 15.7. The van der Waals surface area contributed by atoms with Crippen LogP contribution in [-0.2, 0) is 9.53 Å². The highest BCUT2D eigenvalue weighted by Crippen LogP contribution is 2.19. The number of anilines is 2. The van der Waals surface area contributed by atoms with Gasteiger partial charge in [-0.3, -0.25) is 4.79 Å². The molecule has 6 heteroatoms. The molecule has 1 heterocycles. The number of nitrogens with two attached hydrogens (primary N) is 1. The third kappa shape index (κ3) is 5.21. The normalized spacial score (nSPS) is 15.5. The van der Waals surface area contributed by atoms with Crippen LogP contribution in [0.4, 0.5) is 11.4 Å². The fourth-order valence-corrected chi connectivity index (χ4v) is 3.10. The van der Waals surface area contributed by atoms with E-state index < -0.39 is 0 Å². The number of hydrogen-bond donors (Lipinski definition) is 2. The Balaban J connectivity index is 1.47. The van der Waals surface area contributed by atoms with Gasteiger partial charge in [0.2, 0.25) is 0 Å². The van der Waals surface area contributed by atoms with E-state index in [1.807, 2.05) is 53.8 Å². The number of carbonyl (C=O) groups is 1. The Morgan fingerprint density at radius 1 is 1.15 bits per heavy atom. The van der Waals surface area contributed by atoms with Crippen molar-refractivity contribution in [2.75, 3.05) is 43.1 Å². The van der Waals surface area contributed by atoms with Crippen molar-refractivity contribution in [2.24, 2.45) is 0 Å². The molecule has 1 amide bonds. The highest BCUT2D eigenvalue weighted by atomic mass is 35.5. The van der Waals surface area contributed by atoms with Gasteiger partial charge >= 0.3 is 0 Å². The quantitative estimate of drug-likeness (QED) is 0.816. The molecule has 2 aromatic rings.